The van der Waals surface area contributed by atoms with E-state index in [1.807, 2.05) is 0 Å². The number of carbonyl (C=O) groups excluding carboxylic acids is 3. The second-order valence-corrected chi connectivity index (χ2v) is 9.66. The molecule has 0 atom stereocenters. The average molecular weight is 615 g/mol. The molecule has 0 fully saturated rings. The van der Waals surface area contributed by atoms with Gasteiger partial charge in [0.1, 0.15) is 5.69 Å². The van der Waals surface area contributed by atoms with Crippen LogP contribution in [0.2, 0.25) is 20.1 Å². The summed E-state index contributed by atoms with van der Waals surface area (Å²) in [5, 5.41) is 6.64. The van der Waals surface area contributed by atoms with Crippen LogP contribution in [-0.4, -0.2) is 22.4 Å². The van der Waals surface area contributed by atoms with Gasteiger partial charge in [-0.25, -0.2) is 4.68 Å². The highest BCUT2D eigenvalue weighted by atomic mass is 79.9. The molecule has 4 aromatic rings. The van der Waals surface area contributed by atoms with Gasteiger partial charge in [0, 0.05) is 15.5 Å². The topological polar surface area (TPSA) is 92.2 Å². The summed E-state index contributed by atoms with van der Waals surface area (Å²) < 4.78 is 1.98. The molecule has 3 aromatic carbocycles. The minimum atomic E-state index is -1.04. The Balaban J connectivity index is 1.64. The Morgan fingerprint density at radius 1 is 0.771 bits per heavy atom. The van der Waals surface area contributed by atoms with Gasteiger partial charge in [0.05, 0.1) is 31.3 Å². The quantitative estimate of drug-likeness (QED) is 0.217. The van der Waals surface area contributed by atoms with Crippen molar-refractivity contribution in [3.05, 3.63) is 90.9 Å². The van der Waals surface area contributed by atoms with Crippen molar-refractivity contribution in [2.75, 3.05) is 16.1 Å². The molecule has 1 aromatic heterocycles. The van der Waals surface area contributed by atoms with Gasteiger partial charge >= 0.3 is 11.8 Å². The average Bonchev–Trinajstić information content (AvgIpc) is 3.16. The molecule has 4 rings (SSSR count). The molecule has 0 aliphatic carbocycles. The largest absolute Gasteiger partial charge is 0.328 e. The van der Waals surface area contributed by atoms with E-state index >= 15 is 0 Å². The Kier molecular flexibility index (Phi) is 7.59. The molecule has 1 heterocycles. The first-order chi connectivity index (χ1) is 16.6. The third kappa shape index (κ3) is 5.58. The van der Waals surface area contributed by atoms with Gasteiger partial charge in [-0.05, 0) is 54.6 Å². The van der Waals surface area contributed by atoms with Crippen molar-refractivity contribution < 1.29 is 14.4 Å². The summed E-state index contributed by atoms with van der Waals surface area (Å²) in [5.74, 6) is -2.61. The minimum Gasteiger partial charge on any atom is -0.321 e. The molecule has 0 bridgehead atoms. The van der Waals surface area contributed by atoms with Gasteiger partial charge in [0.25, 0.3) is 5.91 Å². The van der Waals surface area contributed by atoms with Gasteiger partial charge in [-0.15, -0.1) is 0 Å². The zero-order valence-electron chi connectivity index (χ0n) is 17.3. The predicted molar refractivity (Wildman–Crippen MR) is 144 cm³/mol. The van der Waals surface area contributed by atoms with Gasteiger partial charge in [-0.2, -0.15) is 0 Å². The summed E-state index contributed by atoms with van der Waals surface area (Å²) in [5.41, 5.74) is 3.56. The van der Waals surface area contributed by atoms with Crippen LogP contribution in [0.3, 0.4) is 0 Å². The standard InChI is InChI=1S/C23H13BrCl4N4O3/c24-12-4-7-18-11(8-12)9-19(21(33)29-13-5-6-14(25)16(27)10-13)32(18)31-23(35)22(34)30-17-3-1-2-15(26)20(17)28/h1-10H,(H,29,33)(H,30,34)(H,31,35). The molecule has 3 N–H and O–H groups in total. The predicted octanol–water partition coefficient (Wildman–Crippen LogP) is 6.98. The first kappa shape index (κ1) is 25.3. The fourth-order valence-corrected chi connectivity index (χ4v) is 4.20. The van der Waals surface area contributed by atoms with E-state index < -0.39 is 17.7 Å². The summed E-state index contributed by atoms with van der Waals surface area (Å²) in [6, 6.07) is 16.0. The summed E-state index contributed by atoms with van der Waals surface area (Å²) in [6.07, 6.45) is 0. The number of amides is 3. The van der Waals surface area contributed by atoms with E-state index in [9.17, 15) is 14.4 Å². The molecule has 0 radical (unpaired) electrons. The number of aromatic nitrogens is 1. The molecule has 0 saturated carbocycles. The highest BCUT2D eigenvalue weighted by Gasteiger charge is 2.22. The van der Waals surface area contributed by atoms with Gasteiger partial charge < -0.3 is 10.6 Å². The maximum absolute atomic E-state index is 13.1. The van der Waals surface area contributed by atoms with Crippen LogP contribution in [0.1, 0.15) is 10.5 Å². The second kappa shape index (κ2) is 10.5. The molecule has 12 heteroatoms. The van der Waals surface area contributed by atoms with Crippen LogP contribution in [0.15, 0.2) is 65.1 Å². The second-order valence-electron chi connectivity index (χ2n) is 7.15. The fraction of sp³-hybridized carbons (Fsp3) is 0. The van der Waals surface area contributed by atoms with E-state index in [-0.39, 0.29) is 26.4 Å². The number of hydrogen-bond acceptors (Lipinski definition) is 3. The number of fused-ring (bicyclic) bond motifs is 1. The van der Waals surface area contributed by atoms with Gasteiger partial charge in [-0.1, -0.05) is 68.4 Å². The third-order valence-corrected chi connectivity index (χ3v) is 6.84. The summed E-state index contributed by atoms with van der Waals surface area (Å²) in [7, 11) is 0. The fourth-order valence-electron chi connectivity index (χ4n) is 3.17. The Hall–Kier alpha value is -2.75. The van der Waals surface area contributed by atoms with E-state index in [2.05, 4.69) is 32.0 Å². The molecule has 178 valence electrons. The van der Waals surface area contributed by atoms with Crippen molar-refractivity contribution in [2.45, 2.75) is 0 Å². The molecular formula is C23H13BrCl4N4O3. The van der Waals surface area contributed by atoms with Crippen LogP contribution in [0, 0.1) is 0 Å². The Labute approximate surface area is 227 Å². The minimum absolute atomic E-state index is 0.0612. The Morgan fingerprint density at radius 3 is 2.29 bits per heavy atom. The van der Waals surface area contributed by atoms with Crippen LogP contribution in [-0.2, 0) is 9.59 Å². The molecule has 0 spiro atoms. The normalized spacial score (nSPS) is 10.8. The van der Waals surface area contributed by atoms with E-state index in [1.165, 1.54) is 16.8 Å². The molecule has 35 heavy (non-hydrogen) atoms. The molecular weight excluding hydrogens is 602 g/mol. The van der Waals surface area contributed by atoms with E-state index in [0.29, 0.717) is 21.6 Å². The molecule has 0 aliphatic heterocycles. The number of rotatable bonds is 4. The number of hydrogen-bond donors (Lipinski definition) is 3. The SMILES string of the molecule is O=C(Nc1cccc(Cl)c1Cl)C(=O)Nn1c(C(=O)Nc2ccc(Cl)c(Cl)c2)cc2cc(Br)ccc21. The molecule has 7 nitrogen and oxygen atoms in total. The van der Waals surface area contributed by atoms with Crippen molar-refractivity contribution in [1.29, 1.82) is 0 Å². The van der Waals surface area contributed by atoms with Crippen LogP contribution >= 0.6 is 62.3 Å². The van der Waals surface area contributed by atoms with E-state index in [4.69, 9.17) is 46.4 Å². The zero-order chi connectivity index (χ0) is 25.3. The van der Waals surface area contributed by atoms with Crippen LogP contribution in [0.5, 0.6) is 0 Å². The maximum atomic E-state index is 13.1. The molecule has 0 saturated heterocycles. The van der Waals surface area contributed by atoms with Crippen molar-refractivity contribution in [1.82, 2.24) is 4.68 Å². The smallest absolute Gasteiger partial charge is 0.321 e. The number of nitrogens with one attached hydrogen (secondary N) is 3. The lowest BCUT2D eigenvalue weighted by Crippen LogP contribution is -2.36. The number of anilines is 2. The lowest BCUT2D eigenvalue weighted by Gasteiger charge is -2.13. The van der Waals surface area contributed by atoms with Crippen LogP contribution in [0.4, 0.5) is 11.4 Å². The number of nitrogens with zero attached hydrogens (tertiary/aromatic N) is 1. The number of benzene rings is 3. The summed E-state index contributed by atoms with van der Waals surface area (Å²) in [4.78, 5) is 38.4. The summed E-state index contributed by atoms with van der Waals surface area (Å²) >= 11 is 27.4. The highest BCUT2D eigenvalue weighted by molar-refractivity contribution is 9.10. The van der Waals surface area contributed by atoms with Crippen molar-refractivity contribution >= 4 is 102 Å². The van der Waals surface area contributed by atoms with E-state index in [1.54, 1.807) is 48.5 Å². The lowest BCUT2D eigenvalue weighted by molar-refractivity contribution is -0.133. The van der Waals surface area contributed by atoms with Crippen molar-refractivity contribution in [3.8, 4) is 0 Å². The zero-order valence-corrected chi connectivity index (χ0v) is 21.9. The Bertz CT molecular complexity index is 1510. The third-order valence-electron chi connectivity index (χ3n) is 4.79. The molecule has 3 amide bonds. The van der Waals surface area contributed by atoms with E-state index in [0.717, 1.165) is 4.47 Å². The number of halogens is 5. The maximum Gasteiger partial charge on any atom is 0.328 e. The van der Waals surface area contributed by atoms with Crippen molar-refractivity contribution in [3.63, 3.8) is 0 Å². The number of carbonyl (C=O) groups is 3. The van der Waals surface area contributed by atoms with Crippen molar-refractivity contribution in [2.24, 2.45) is 0 Å². The van der Waals surface area contributed by atoms with Gasteiger partial charge in [-0.3, -0.25) is 19.8 Å². The Morgan fingerprint density at radius 2 is 1.54 bits per heavy atom. The first-order valence-electron chi connectivity index (χ1n) is 9.78. The lowest BCUT2D eigenvalue weighted by atomic mass is 10.2. The molecule has 0 aliphatic rings. The summed E-state index contributed by atoms with van der Waals surface area (Å²) in [6.45, 7) is 0. The monoisotopic (exact) mass is 612 g/mol. The van der Waals surface area contributed by atoms with Gasteiger partial charge in [0.2, 0.25) is 0 Å². The highest BCUT2D eigenvalue weighted by Crippen LogP contribution is 2.30. The van der Waals surface area contributed by atoms with Crippen LogP contribution < -0.4 is 16.1 Å². The van der Waals surface area contributed by atoms with Gasteiger partial charge in [0.15, 0.2) is 0 Å². The van der Waals surface area contributed by atoms with Crippen LogP contribution in [0.25, 0.3) is 10.9 Å². The molecule has 0 unspecified atom stereocenters. The first-order valence-corrected chi connectivity index (χ1v) is 12.1.